The van der Waals surface area contributed by atoms with Gasteiger partial charge in [0.25, 0.3) is 0 Å². The summed E-state index contributed by atoms with van der Waals surface area (Å²) in [6, 6.07) is 8.00. The highest BCUT2D eigenvalue weighted by Gasteiger charge is 2.41. The topological polar surface area (TPSA) is 84.0 Å². The SMILES string of the molecule is Cc1cc([C@@H]2[C@H](c3ccccn3)NC(=S)N2CCCO)c(C)n1-n1cnnc1. The average molecular weight is 398 g/mol. The van der Waals surface area contributed by atoms with Crippen molar-refractivity contribution in [3.8, 4) is 0 Å². The van der Waals surface area contributed by atoms with E-state index in [1.165, 1.54) is 0 Å². The number of aromatic nitrogens is 5. The van der Waals surface area contributed by atoms with Crippen LogP contribution in [0.15, 0.2) is 43.1 Å². The van der Waals surface area contributed by atoms with E-state index < -0.39 is 0 Å². The maximum Gasteiger partial charge on any atom is 0.170 e. The zero-order chi connectivity index (χ0) is 19.7. The number of hydrogen-bond donors (Lipinski definition) is 2. The van der Waals surface area contributed by atoms with Crippen LogP contribution in [-0.2, 0) is 0 Å². The Morgan fingerprint density at radius 2 is 2.00 bits per heavy atom. The summed E-state index contributed by atoms with van der Waals surface area (Å²) in [5, 5.41) is 21.3. The molecule has 0 radical (unpaired) electrons. The Hall–Kier alpha value is -2.78. The van der Waals surface area contributed by atoms with Crippen LogP contribution in [0.25, 0.3) is 0 Å². The molecule has 0 spiro atoms. The molecule has 2 atom stereocenters. The molecule has 1 aliphatic rings. The molecule has 4 rings (SSSR count). The molecule has 2 N–H and O–H groups in total. The Bertz CT molecular complexity index is 954. The Labute approximate surface area is 168 Å². The van der Waals surface area contributed by atoms with Crippen molar-refractivity contribution in [1.82, 2.24) is 34.8 Å². The fourth-order valence-electron chi connectivity index (χ4n) is 3.96. The summed E-state index contributed by atoms with van der Waals surface area (Å²) in [6.45, 7) is 4.95. The molecule has 9 heteroatoms. The van der Waals surface area contributed by atoms with E-state index in [-0.39, 0.29) is 18.7 Å². The van der Waals surface area contributed by atoms with Gasteiger partial charge in [0.1, 0.15) is 12.7 Å². The van der Waals surface area contributed by atoms with Gasteiger partial charge in [-0.25, -0.2) is 4.68 Å². The van der Waals surface area contributed by atoms with E-state index in [1.807, 2.05) is 22.9 Å². The Kier molecular flexibility index (Phi) is 5.10. The first-order valence-electron chi connectivity index (χ1n) is 9.25. The van der Waals surface area contributed by atoms with Crippen LogP contribution in [0.4, 0.5) is 0 Å². The monoisotopic (exact) mass is 397 g/mol. The van der Waals surface area contributed by atoms with Crippen LogP contribution in [0.5, 0.6) is 0 Å². The molecule has 0 saturated carbocycles. The number of thiocarbonyl (C=S) groups is 1. The van der Waals surface area contributed by atoms with Gasteiger partial charge < -0.3 is 15.3 Å². The largest absolute Gasteiger partial charge is 0.396 e. The minimum absolute atomic E-state index is 0.0228. The van der Waals surface area contributed by atoms with Crippen LogP contribution in [-0.4, -0.2) is 52.8 Å². The van der Waals surface area contributed by atoms with Gasteiger partial charge in [0, 0.05) is 36.3 Å². The van der Waals surface area contributed by atoms with Crippen molar-refractivity contribution in [2.24, 2.45) is 0 Å². The highest BCUT2D eigenvalue weighted by Crippen LogP contribution is 2.40. The lowest BCUT2D eigenvalue weighted by atomic mass is 9.96. The lowest BCUT2D eigenvalue weighted by Gasteiger charge is -2.28. The van der Waals surface area contributed by atoms with Crippen LogP contribution in [0.1, 0.15) is 41.1 Å². The molecule has 3 aromatic heterocycles. The van der Waals surface area contributed by atoms with Crippen molar-refractivity contribution in [2.45, 2.75) is 32.4 Å². The highest BCUT2D eigenvalue weighted by atomic mass is 32.1. The first kappa shape index (κ1) is 18.6. The van der Waals surface area contributed by atoms with Crippen molar-refractivity contribution in [3.63, 3.8) is 0 Å². The van der Waals surface area contributed by atoms with E-state index in [0.29, 0.717) is 18.1 Å². The zero-order valence-electron chi connectivity index (χ0n) is 15.9. The molecule has 0 bridgehead atoms. The van der Waals surface area contributed by atoms with Crippen LogP contribution in [0.3, 0.4) is 0 Å². The summed E-state index contributed by atoms with van der Waals surface area (Å²) >= 11 is 5.64. The molecule has 3 aromatic rings. The highest BCUT2D eigenvalue weighted by molar-refractivity contribution is 7.80. The molecular formula is C19H23N7OS. The Morgan fingerprint density at radius 1 is 1.21 bits per heavy atom. The molecule has 8 nitrogen and oxygen atoms in total. The first-order chi connectivity index (χ1) is 13.6. The van der Waals surface area contributed by atoms with Gasteiger partial charge in [-0.2, -0.15) is 0 Å². The van der Waals surface area contributed by atoms with Crippen molar-refractivity contribution < 1.29 is 5.11 Å². The average Bonchev–Trinajstić information content (AvgIpc) is 3.39. The first-order valence-corrected chi connectivity index (χ1v) is 9.65. The Balaban J connectivity index is 1.81. The van der Waals surface area contributed by atoms with E-state index in [2.05, 4.69) is 50.0 Å². The third kappa shape index (κ3) is 3.16. The number of aryl methyl sites for hydroxylation is 1. The number of pyridine rings is 1. The summed E-state index contributed by atoms with van der Waals surface area (Å²) < 4.78 is 3.94. The van der Waals surface area contributed by atoms with E-state index in [1.54, 1.807) is 18.9 Å². The van der Waals surface area contributed by atoms with Crippen molar-refractivity contribution >= 4 is 17.3 Å². The molecule has 146 valence electrons. The van der Waals surface area contributed by atoms with Gasteiger partial charge in [0.15, 0.2) is 5.11 Å². The van der Waals surface area contributed by atoms with Crippen molar-refractivity contribution in [3.05, 3.63) is 65.8 Å². The predicted molar refractivity (Wildman–Crippen MR) is 109 cm³/mol. The van der Waals surface area contributed by atoms with Gasteiger partial charge in [-0.15, -0.1) is 10.2 Å². The second-order valence-electron chi connectivity index (χ2n) is 6.88. The standard InChI is InChI=1S/C19H23N7OS/c1-13-10-15(14(2)26(13)24-11-21-22-12-24)18-17(16-6-3-4-7-20-16)23-19(28)25(18)8-5-9-27/h3-4,6-7,10-12,17-18,27H,5,8-9H2,1-2H3,(H,23,28)/t17-,18+/m0/s1. The fourth-order valence-corrected chi connectivity index (χ4v) is 4.29. The third-order valence-electron chi connectivity index (χ3n) is 5.15. The number of aliphatic hydroxyl groups is 1. The molecule has 4 heterocycles. The minimum atomic E-state index is -0.0674. The lowest BCUT2D eigenvalue weighted by molar-refractivity contribution is 0.247. The number of nitrogens with one attached hydrogen (secondary N) is 1. The molecule has 1 aliphatic heterocycles. The van der Waals surface area contributed by atoms with E-state index in [0.717, 1.165) is 22.6 Å². The van der Waals surface area contributed by atoms with Crippen LogP contribution in [0, 0.1) is 13.8 Å². The number of hydrogen-bond acceptors (Lipinski definition) is 5. The van der Waals surface area contributed by atoms with Gasteiger partial charge >= 0.3 is 0 Å². The van der Waals surface area contributed by atoms with E-state index in [9.17, 15) is 5.11 Å². The second-order valence-corrected chi connectivity index (χ2v) is 7.26. The van der Waals surface area contributed by atoms with Crippen LogP contribution in [0.2, 0.25) is 0 Å². The third-order valence-corrected chi connectivity index (χ3v) is 5.50. The maximum absolute atomic E-state index is 9.36. The molecule has 1 saturated heterocycles. The summed E-state index contributed by atoms with van der Waals surface area (Å²) in [5.41, 5.74) is 4.26. The van der Waals surface area contributed by atoms with E-state index in [4.69, 9.17) is 12.2 Å². The van der Waals surface area contributed by atoms with Crippen LogP contribution < -0.4 is 5.32 Å². The van der Waals surface area contributed by atoms with Gasteiger partial charge in [-0.05, 0) is 50.7 Å². The molecular weight excluding hydrogens is 374 g/mol. The molecule has 0 unspecified atom stereocenters. The molecule has 0 aliphatic carbocycles. The van der Waals surface area contributed by atoms with Crippen molar-refractivity contribution in [2.75, 3.05) is 13.2 Å². The molecule has 1 fully saturated rings. The second kappa shape index (κ2) is 7.69. The summed E-state index contributed by atoms with van der Waals surface area (Å²) in [4.78, 5) is 6.72. The zero-order valence-corrected chi connectivity index (χ0v) is 16.7. The number of rotatable bonds is 6. The predicted octanol–water partition coefficient (Wildman–Crippen LogP) is 1.76. The molecule has 0 aromatic carbocycles. The van der Waals surface area contributed by atoms with Gasteiger partial charge in [0.05, 0.1) is 17.8 Å². The minimum Gasteiger partial charge on any atom is -0.396 e. The molecule has 0 amide bonds. The van der Waals surface area contributed by atoms with E-state index >= 15 is 0 Å². The summed E-state index contributed by atoms with van der Waals surface area (Å²) in [5.74, 6) is 0. The smallest absolute Gasteiger partial charge is 0.170 e. The lowest BCUT2D eigenvalue weighted by Crippen LogP contribution is -2.31. The number of aliphatic hydroxyl groups excluding tert-OH is 1. The quantitative estimate of drug-likeness (QED) is 0.613. The summed E-state index contributed by atoms with van der Waals surface area (Å²) in [7, 11) is 0. The van der Waals surface area contributed by atoms with Gasteiger partial charge in [0.2, 0.25) is 0 Å². The number of nitrogens with zero attached hydrogens (tertiary/aromatic N) is 6. The summed E-state index contributed by atoms with van der Waals surface area (Å²) in [6.07, 6.45) is 5.81. The maximum atomic E-state index is 9.36. The Morgan fingerprint density at radius 3 is 2.68 bits per heavy atom. The van der Waals surface area contributed by atoms with Gasteiger partial charge in [-0.3, -0.25) is 9.66 Å². The normalized spacial score (nSPS) is 19.2. The van der Waals surface area contributed by atoms with Crippen molar-refractivity contribution in [1.29, 1.82) is 0 Å². The van der Waals surface area contributed by atoms with Gasteiger partial charge in [-0.1, -0.05) is 6.07 Å². The fraction of sp³-hybridized carbons (Fsp3) is 0.368. The van der Waals surface area contributed by atoms with Crippen LogP contribution >= 0.6 is 12.2 Å². The molecule has 28 heavy (non-hydrogen) atoms.